The molecule has 0 aliphatic heterocycles. The number of sulfonamides is 1. The van der Waals surface area contributed by atoms with Crippen LogP contribution in [-0.4, -0.2) is 53.5 Å². The van der Waals surface area contributed by atoms with E-state index in [1.807, 2.05) is 0 Å². The first kappa shape index (κ1) is 21.5. The Balaban J connectivity index is 2.14. The molecule has 0 saturated heterocycles. The molecule has 0 spiro atoms. The Bertz CT molecular complexity index is 964. The molecule has 0 atom stereocenters. The van der Waals surface area contributed by atoms with Crippen molar-refractivity contribution in [2.24, 2.45) is 0 Å². The summed E-state index contributed by atoms with van der Waals surface area (Å²) in [5.74, 6) is -0.457. The number of nitrogens with one attached hydrogen (secondary N) is 2. The van der Waals surface area contributed by atoms with Crippen molar-refractivity contribution >= 4 is 27.3 Å². The van der Waals surface area contributed by atoms with Crippen LogP contribution in [0.5, 0.6) is 11.5 Å². The summed E-state index contributed by atoms with van der Waals surface area (Å²) < 4.78 is 49.3. The normalized spacial score (nSPS) is 11.2. The number of halogens is 1. The second-order valence-electron chi connectivity index (χ2n) is 5.90. The van der Waals surface area contributed by atoms with Crippen LogP contribution in [0.1, 0.15) is 0 Å². The molecule has 2 N–H and O–H groups in total. The van der Waals surface area contributed by atoms with Gasteiger partial charge in [-0.05, 0) is 30.3 Å². The summed E-state index contributed by atoms with van der Waals surface area (Å²) in [6, 6.07) is 8.21. The second-order valence-corrected chi connectivity index (χ2v) is 8.02. The predicted molar refractivity (Wildman–Crippen MR) is 104 cm³/mol. The smallest absolute Gasteiger partial charge is 0.246 e. The highest BCUT2D eigenvalue weighted by Crippen LogP contribution is 2.29. The number of anilines is 2. The fraction of sp³-hybridized carbons (Fsp3) is 0.278. The molecule has 0 aliphatic carbocycles. The van der Waals surface area contributed by atoms with Crippen LogP contribution in [0.25, 0.3) is 0 Å². The number of rotatable bonds is 8. The Labute approximate surface area is 163 Å². The van der Waals surface area contributed by atoms with E-state index in [9.17, 15) is 17.6 Å². The first-order valence-corrected chi connectivity index (χ1v) is 9.61. The van der Waals surface area contributed by atoms with Crippen LogP contribution in [0, 0.1) is 5.82 Å². The van der Waals surface area contributed by atoms with E-state index in [-0.39, 0.29) is 22.9 Å². The van der Waals surface area contributed by atoms with Gasteiger partial charge in [-0.15, -0.1) is 0 Å². The van der Waals surface area contributed by atoms with Crippen molar-refractivity contribution in [2.45, 2.75) is 4.90 Å². The molecule has 10 heteroatoms. The molecule has 152 valence electrons. The summed E-state index contributed by atoms with van der Waals surface area (Å²) in [6.45, 7) is -0.135. The Morgan fingerprint density at radius 3 is 2.36 bits per heavy atom. The van der Waals surface area contributed by atoms with Crippen molar-refractivity contribution in [3.63, 3.8) is 0 Å². The van der Waals surface area contributed by atoms with Crippen molar-refractivity contribution in [2.75, 3.05) is 45.5 Å². The van der Waals surface area contributed by atoms with E-state index in [1.54, 1.807) is 0 Å². The van der Waals surface area contributed by atoms with Crippen LogP contribution >= 0.6 is 0 Å². The Kier molecular flexibility index (Phi) is 6.81. The number of ether oxygens (including phenoxy) is 2. The van der Waals surface area contributed by atoms with E-state index in [0.717, 1.165) is 4.31 Å². The third-order valence-corrected chi connectivity index (χ3v) is 5.65. The SMILES string of the molecule is COc1cc(F)ccc1NCC(=O)Nc1ccc(OC)c(S(=O)(=O)N(C)C)c1. The van der Waals surface area contributed by atoms with Gasteiger partial charge in [-0.3, -0.25) is 4.79 Å². The number of carbonyl (C=O) groups is 1. The zero-order valence-electron chi connectivity index (χ0n) is 15.9. The Morgan fingerprint density at radius 1 is 1.07 bits per heavy atom. The van der Waals surface area contributed by atoms with Crippen LogP contribution in [0.3, 0.4) is 0 Å². The van der Waals surface area contributed by atoms with Crippen LogP contribution in [-0.2, 0) is 14.8 Å². The highest BCUT2D eigenvalue weighted by Gasteiger charge is 2.23. The molecule has 0 aromatic heterocycles. The molecule has 0 saturated carbocycles. The largest absolute Gasteiger partial charge is 0.495 e. The summed E-state index contributed by atoms with van der Waals surface area (Å²) in [5.41, 5.74) is 0.740. The summed E-state index contributed by atoms with van der Waals surface area (Å²) in [7, 11) is 1.80. The lowest BCUT2D eigenvalue weighted by Crippen LogP contribution is -2.24. The van der Waals surface area contributed by atoms with Gasteiger partial charge in [0, 0.05) is 25.8 Å². The van der Waals surface area contributed by atoms with Crippen LogP contribution in [0.2, 0.25) is 0 Å². The molecule has 2 aromatic carbocycles. The quantitative estimate of drug-likeness (QED) is 0.691. The molecular weight excluding hydrogens is 389 g/mol. The van der Waals surface area contributed by atoms with Gasteiger partial charge in [-0.2, -0.15) is 0 Å². The molecule has 28 heavy (non-hydrogen) atoms. The third-order valence-electron chi connectivity index (χ3n) is 3.81. The van der Waals surface area contributed by atoms with Crippen molar-refractivity contribution < 1.29 is 27.1 Å². The van der Waals surface area contributed by atoms with Crippen LogP contribution in [0.15, 0.2) is 41.3 Å². The first-order valence-electron chi connectivity index (χ1n) is 8.17. The number of methoxy groups -OCH3 is 2. The number of benzene rings is 2. The molecule has 8 nitrogen and oxygen atoms in total. The van der Waals surface area contributed by atoms with Crippen LogP contribution < -0.4 is 20.1 Å². The Morgan fingerprint density at radius 2 is 1.75 bits per heavy atom. The van der Waals surface area contributed by atoms with E-state index >= 15 is 0 Å². The van der Waals surface area contributed by atoms with Crippen molar-refractivity contribution in [3.05, 3.63) is 42.2 Å². The van der Waals surface area contributed by atoms with Crippen molar-refractivity contribution in [1.82, 2.24) is 4.31 Å². The van der Waals surface area contributed by atoms with Crippen molar-refractivity contribution in [3.8, 4) is 11.5 Å². The number of nitrogens with zero attached hydrogens (tertiary/aromatic N) is 1. The topological polar surface area (TPSA) is 97.0 Å². The van der Waals surface area contributed by atoms with Gasteiger partial charge >= 0.3 is 0 Å². The highest BCUT2D eigenvalue weighted by molar-refractivity contribution is 7.89. The van der Waals surface area contributed by atoms with E-state index in [2.05, 4.69) is 10.6 Å². The third kappa shape index (κ3) is 4.90. The van der Waals surface area contributed by atoms with Gasteiger partial charge in [0.2, 0.25) is 15.9 Å². The predicted octanol–water partition coefficient (Wildman–Crippen LogP) is 2.14. The Hall–Kier alpha value is -2.85. The zero-order chi connectivity index (χ0) is 20.9. The number of hydrogen-bond donors (Lipinski definition) is 2. The van der Waals surface area contributed by atoms with E-state index in [4.69, 9.17) is 9.47 Å². The first-order chi connectivity index (χ1) is 13.2. The molecule has 0 heterocycles. The van der Waals surface area contributed by atoms with Gasteiger partial charge in [-0.25, -0.2) is 17.1 Å². The molecule has 2 aromatic rings. The molecule has 0 fully saturated rings. The monoisotopic (exact) mass is 411 g/mol. The van der Waals surface area contributed by atoms with E-state index in [1.165, 1.54) is 64.7 Å². The number of amides is 1. The average molecular weight is 411 g/mol. The lowest BCUT2D eigenvalue weighted by atomic mass is 10.2. The minimum absolute atomic E-state index is 0.0639. The molecule has 2 rings (SSSR count). The maximum absolute atomic E-state index is 13.2. The van der Waals surface area contributed by atoms with Gasteiger partial charge in [0.05, 0.1) is 26.5 Å². The molecule has 1 amide bonds. The molecule has 0 radical (unpaired) electrons. The fourth-order valence-corrected chi connectivity index (χ4v) is 3.42. The van der Waals surface area contributed by atoms with Crippen LogP contribution in [0.4, 0.5) is 15.8 Å². The van der Waals surface area contributed by atoms with E-state index in [0.29, 0.717) is 11.4 Å². The molecule has 0 bridgehead atoms. The molecular formula is C18H22FN3O5S. The lowest BCUT2D eigenvalue weighted by Gasteiger charge is -2.16. The maximum atomic E-state index is 13.2. The molecule has 0 unspecified atom stereocenters. The van der Waals surface area contributed by atoms with Gasteiger partial charge in [0.25, 0.3) is 0 Å². The minimum Gasteiger partial charge on any atom is -0.495 e. The highest BCUT2D eigenvalue weighted by atomic mass is 32.2. The van der Waals surface area contributed by atoms with Crippen molar-refractivity contribution in [1.29, 1.82) is 0 Å². The summed E-state index contributed by atoms with van der Waals surface area (Å²) in [5, 5.41) is 5.45. The van der Waals surface area contributed by atoms with Gasteiger partial charge in [0.1, 0.15) is 22.2 Å². The summed E-state index contributed by atoms with van der Waals surface area (Å²) in [6.07, 6.45) is 0. The minimum atomic E-state index is -3.76. The number of carbonyl (C=O) groups excluding carboxylic acids is 1. The lowest BCUT2D eigenvalue weighted by molar-refractivity contribution is -0.114. The van der Waals surface area contributed by atoms with Gasteiger partial charge in [0.15, 0.2) is 0 Å². The maximum Gasteiger partial charge on any atom is 0.246 e. The summed E-state index contributed by atoms with van der Waals surface area (Å²) >= 11 is 0. The second kappa shape index (κ2) is 8.89. The van der Waals surface area contributed by atoms with E-state index < -0.39 is 21.7 Å². The van der Waals surface area contributed by atoms with Gasteiger partial charge < -0.3 is 20.1 Å². The standard InChI is InChI=1S/C18H22FN3O5S/c1-22(2)28(24,25)17-10-13(6-8-15(17)26-3)21-18(23)11-20-14-7-5-12(19)9-16(14)27-4/h5-10,20H,11H2,1-4H3,(H,21,23). The average Bonchev–Trinajstić information content (AvgIpc) is 2.66. The fourth-order valence-electron chi connectivity index (χ4n) is 2.34. The summed E-state index contributed by atoms with van der Waals surface area (Å²) in [4.78, 5) is 12.2. The zero-order valence-corrected chi connectivity index (χ0v) is 16.8. The van der Waals surface area contributed by atoms with Gasteiger partial charge in [-0.1, -0.05) is 0 Å². The number of hydrogen-bond acceptors (Lipinski definition) is 6. The molecule has 0 aliphatic rings.